The zero-order chi connectivity index (χ0) is 19.4. The van der Waals surface area contributed by atoms with Gasteiger partial charge in [-0.15, -0.1) is 0 Å². The summed E-state index contributed by atoms with van der Waals surface area (Å²) in [4.78, 5) is 12.7. The summed E-state index contributed by atoms with van der Waals surface area (Å²) in [6.45, 7) is 2.01. The average Bonchev–Trinajstić information content (AvgIpc) is 2.67. The van der Waals surface area contributed by atoms with Crippen LogP contribution in [0.4, 0.5) is 5.69 Å². The molecular weight excluding hydrogens is 362 g/mol. The molecule has 144 valence electrons. The van der Waals surface area contributed by atoms with Crippen molar-refractivity contribution in [1.29, 1.82) is 0 Å². The number of carbonyl (C=O) groups is 1. The van der Waals surface area contributed by atoms with E-state index in [9.17, 15) is 13.2 Å². The normalized spacial score (nSPS) is 13.7. The molecule has 3 rings (SSSR count). The van der Waals surface area contributed by atoms with Gasteiger partial charge in [-0.25, -0.2) is 13.2 Å². The molecule has 0 bridgehead atoms. The van der Waals surface area contributed by atoms with E-state index in [1.54, 1.807) is 18.2 Å². The molecule has 0 aromatic heterocycles. The van der Waals surface area contributed by atoms with Crippen molar-refractivity contribution >= 4 is 21.7 Å². The molecule has 27 heavy (non-hydrogen) atoms. The molecule has 1 aliphatic carbocycles. The summed E-state index contributed by atoms with van der Waals surface area (Å²) in [6.07, 6.45) is 5.22. The summed E-state index contributed by atoms with van der Waals surface area (Å²) in [5.41, 5.74) is 3.39. The van der Waals surface area contributed by atoms with Crippen LogP contribution in [0.2, 0.25) is 0 Å². The number of carbonyl (C=O) groups excluding carboxylic acids is 1. The molecule has 0 saturated heterocycles. The van der Waals surface area contributed by atoms with Gasteiger partial charge in [0.25, 0.3) is 10.0 Å². The van der Waals surface area contributed by atoms with Crippen LogP contribution in [0.1, 0.15) is 53.2 Å². The third-order valence-electron chi connectivity index (χ3n) is 4.95. The lowest BCUT2D eigenvalue weighted by atomic mass is 9.87. The minimum Gasteiger partial charge on any atom is -0.465 e. The van der Waals surface area contributed by atoms with Crippen LogP contribution in [0.3, 0.4) is 0 Å². The number of hydrogen-bond donors (Lipinski definition) is 1. The fourth-order valence-corrected chi connectivity index (χ4v) is 5.03. The number of nitrogens with one attached hydrogen (secondary N) is 1. The Labute approximate surface area is 160 Å². The molecule has 0 heterocycles. The zero-order valence-corrected chi connectivity index (χ0v) is 16.6. The van der Waals surface area contributed by atoms with Crippen LogP contribution in [0.15, 0.2) is 41.3 Å². The van der Waals surface area contributed by atoms with Gasteiger partial charge in [0.05, 0.1) is 23.3 Å². The summed E-state index contributed by atoms with van der Waals surface area (Å²) in [6, 6.07) is 10.6. The van der Waals surface area contributed by atoms with Crippen molar-refractivity contribution in [3.05, 3.63) is 58.7 Å². The highest BCUT2D eigenvalue weighted by Gasteiger charge is 2.26. The molecular formula is C21H25NO4S. The molecule has 2 aromatic carbocycles. The highest BCUT2D eigenvalue weighted by Crippen LogP contribution is 2.32. The van der Waals surface area contributed by atoms with E-state index in [0.29, 0.717) is 12.0 Å². The predicted molar refractivity (Wildman–Crippen MR) is 106 cm³/mol. The molecule has 0 amide bonds. The fraction of sp³-hybridized carbons (Fsp3) is 0.381. The maximum absolute atomic E-state index is 13.1. The van der Waals surface area contributed by atoms with Gasteiger partial charge in [-0.05, 0) is 60.9 Å². The lowest BCUT2D eigenvalue weighted by molar-refractivity contribution is 0.0600. The van der Waals surface area contributed by atoms with E-state index in [0.717, 1.165) is 48.8 Å². The van der Waals surface area contributed by atoms with Gasteiger partial charge >= 0.3 is 5.97 Å². The number of anilines is 1. The van der Waals surface area contributed by atoms with Crippen LogP contribution < -0.4 is 4.72 Å². The smallest absolute Gasteiger partial charge is 0.340 e. The molecule has 5 nitrogen and oxygen atoms in total. The topological polar surface area (TPSA) is 72.5 Å². The molecule has 0 saturated carbocycles. The van der Waals surface area contributed by atoms with Crippen molar-refractivity contribution < 1.29 is 17.9 Å². The van der Waals surface area contributed by atoms with Crippen molar-refractivity contribution in [3.8, 4) is 0 Å². The van der Waals surface area contributed by atoms with Crippen LogP contribution in [0.25, 0.3) is 0 Å². The van der Waals surface area contributed by atoms with Crippen LogP contribution in [-0.2, 0) is 34.0 Å². The number of rotatable bonds is 6. The number of benzene rings is 2. The summed E-state index contributed by atoms with van der Waals surface area (Å²) >= 11 is 0. The molecule has 0 atom stereocenters. The first kappa shape index (κ1) is 19.4. The number of ether oxygens (including phenoxy) is 1. The van der Waals surface area contributed by atoms with Crippen molar-refractivity contribution in [2.24, 2.45) is 0 Å². The number of sulfonamides is 1. The Kier molecular flexibility index (Phi) is 5.85. The lowest BCUT2D eigenvalue weighted by Crippen LogP contribution is -2.20. The van der Waals surface area contributed by atoms with Gasteiger partial charge in [-0.1, -0.05) is 37.6 Å². The van der Waals surface area contributed by atoms with Gasteiger partial charge in [0, 0.05) is 0 Å². The minimum absolute atomic E-state index is 0.250. The van der Waals surface area contributed by atoms with Gasteiger partial charge in [-0.3, -0.25) is 4.72 Å². The predicted octanol–water partition coefficient (Wildman–Crippen LogP) is 4.11. The summed E-state index contributed by atoms with van der Waals surface area (Å²) in [7, 11) is -2.50. The first-order valence-corrected chi connectivity index (χ1v) is 10.8. The van der Waals surface area contributed by atoms with E-state index in [4.69, 9.17) is 4.74 Å². The summed E-state index contributed by atoms with van der Waals surface area (Å²) in [5.74, 6) is -0.506. The van der Waals surface area contributed by atoms with E-state index in [1.807, 2.05) is 25.1 Å². The average molecular weight is 388 g/mol. The number of fused-ring (bicyclic) bond motifs is 1. The highest BCUT2D eigenvalue weighted by atomic mass is 32.2. The van der Waals surface area contributed by atoms with Crippen molar-refractivity contribution in [3.63, 3.8) is 0 Å². The zero-order valence-electron chi connectivity index (χ0n) is 15.7. The SMILES string of the molecule is CCCc1ccccc1S(=O)(=O)Nc1ccc2c(c1C(=O)OC)CCCC2. The Balaban J connectivity index is 2.06. The highest BCUT2D eigenvalue weighted by molar-refractivity contribution is 7.92. The first-order valence-electron chi connectivity index (χ1n) is 9.31. The molecule has 0 aliphatic heterocycles. The Bertz CT molecular complexity index is 951. The second-order valence-electron chi connectivity index (χ2n) is 6.79. The quantitative estimate of drug-likeness (QED) is 0.757. The molecule has 1 aliphatic rings. The molecule has 1 N–H and O–H groups in total. The van der Waals surface area contributed by atoms with E-state index < -0.39 is 16.0 Å². The van der Waals surface area contributed by atoms with Gasteiger partial charge in [-0.2, -0.15) is 0 Å². The summed E-state index contributed by atoms with van der Waals surface area (Å²) in [5, 5.41) is 0. The number of hydrogen-bond acceptors (Lipinski definition) is 4. The van der Waals surface area contributed by atoms with E-state index in [1.165, 1.54) is 7.11 Å². The third-order valence-corrected chi connectivity index (χ3v) is 6.41. The molecule has 0 fully saturated rings. The molecule has 0 unspecified atom stereocenters. The maximum Gasteiger partial charge on any atom is 0.340 e. The van der Waals surface area contributed by atoms with Crippen molar-refractivity contribution in [2.75, 3.05) is 11.8 Å². The van der Waals surface area contributed by atoms with E-state index >= 15 is 0 Å². The monoisotopic (exact) mass is 387 g/mol. The Morgan fingerprint density at radius 2 is 1.85 bits per heavy atom. The van der Waals surface area contributed by atoms with Crippen molar-refractivity contribution in [2.45, 2.75) is 50.3 Å². The fourth-order valence-electron chi connectivity index (χ4n) is 3.69. The molecule has 0 spiro atoms. The number of aryl methyl sites for hydroxylation is 2. The van der Waals surface area contributed by atoms with Gasteiger partial charge in [0.15, 0.2) is 0 Å². The Hall–Kier alpha value is -2.34. The second kappa shape index (κ2) is 8.13. The Morgan fingerprint density at radius 3 is 2.59 bits per heavy atom. The van der Waals surface area contributed by atoms with Crippen LogP contribution in [0.5, 0.6) is 0 Å². The van der Waals surface area contributed by atoms with Gasteiger partial charge < -0.3 is 4.74 Å². The molecule has 0 radical (unpaired) electrons. The number of esters is 1. The third kappa shape index (κ3) is 4.00. The van der Waals surface area contributed by atoms with Crippen molar-refractivity contribution in [1.82, 2.24) is 0 Å². The van der Waals surface area contributed by atoms with Crippen LogP contribution in [-0.4, -0.2) is 21.5 Å². The second-order valence-corrected chi connectivity index (χ2v) is 8.44. The van der Waals surface area contributed by atoms with Gasteiger partial charge in [0.1, 0.15) is 0 Å². The number of methoxy groups -OCH3 is 1. The lowest BCUT2D eigenvalue weighted by Gasteiger charge is -2.22. The van der Waals surface area contributed by atoms with Crippen LogP contribution in [0, 0.1) is 0 Å². The van der Waals surface area contributed by atoms with E-state index in [2.05, 4.69) is 4.72 Å². The first-order chi connectivity index (χ1) is 13.0. The molecule has 2 aromatic rings. The maximum atomic E-state index is 13.1. The largest absolute Gasteiger partial charge is 0.465 e. The van der Waals surface area contributed by atoms with Crippen LogP contribution >= 0.6 is 0 Å². The van der Waals surface area contributed by atoms with Gasteiger partial charge in [0.2, 0.25) is 0 Å². The summed E-state index contributed by atoms with van der Waals surface area (Å²) < 4.78 is 33.7. The standard InChI is InChI=1S/C21H25NO4S/c1-3-8-16-10-5-7-12-19(16)27(24,25)22-18-14-13-15-9-4-6-11-17(15)20(18)21(23)26-2/h5,7,10,12-14,22H,3-4,6,8-9,11H2,1-2H3. The Morgan fingerprint density at radius 1 is 1.11 bits per heavy atom. The molecule has 6 heteroatoms. The minimum atomic E-state index is -3.81. The van der Waals surface area contributed by atoms with E-state index in [-0.39, 0.29) is 10.6 Å².